The molecule has 0 rings (SSSR count). The molecule has 0 heterocycles. The van der Waals surface area contributed by atoms with Crippen LogP contribution in [0.1, 0.15) is 122 Å². The predicted octanol–water partition coefficient (Wildman–Crippen LogP) is 6.18. The van der Waals surface area contributed by atoms with Crippen LogP contribution in [0, 0.1) is 0 Å². The molecule has 0 amide bonds. The van der Waals surface area contributed by atoms with E-state index in [1.165, 1.54) is 102 Å². The van der Waals surface area contributed by atoms with Gasteiger partial charge < -0.3 is 10.2 Å². The molecule has 0 aromatic rings. The van der Waals surface area contributed by atoms with Gasteiger partial charge in [0.1, 0.15) is 0 Å². The number of hydrogen-bond donors (Lipinski definition) is 2. The van der Waals surface area contributed by atoms with Gasteiger partial charge in [0.15, 0.2) is 0 Å². The summed E-state index contributed by atoms with van der Waals surface area (Å²) in [6, 6.07) is 0. The van der Waals surface area contributed by atoms with Gasteiger partial charge in [0.2, 0.25) is 0 Å². The highest BCUT2D eigenvalue weighted by atomic mass is 16.9. The van der Waals surface area contributed by atoms with Crippen molar-refractivity contribution in [1.29, 1.82) is 0 Å². The van der Waals surface area contributed by atoms with E-state index in [1.807, 2.05) is 0 Å². The van der Waals surface area contributed by atoms with Crippen molar-refractivity contribution in [1.82, 2.24) is 5.23 Å². The maximum atomic E-state index is 8.85. The van der Waals surface area contributed by atoms with Crippen LogP contribution in [0.15, 0.2) is 0 Å². The van der Waals surface area contributed by atoms with Gasteiger partial charge in [0.05, 0.1) is 19.8 Å². The fraction of sp³-hybridized carbons (Fsp3) is 1.00. The summed E-state index contributed by atoms with van der Waals surface area (Å²) in [5.41, 5.74) is 0. The Kier molecular flexibility index (Phi) is 25.7. The van der Waals surface area contributed by atoms with Crippen LogP contribution in [0.4, 0.5) is 0 Å². The molecule has 29 heavy (non-hydrogen) atoms. The molecule has 0 radical (unpaired) electrons. The van der Waals surface area contributed by atoms with Gasteiger partial charge in [-0.15, -0.1) is 0 Å². The van der Waals surface area contributed by atoms with Crippen LogP contribution in [0.25, 0.3) is 0 Å². The minimum Gasteiger partial charge on any atom is -0.396 e. The minimum atomic E-state index is 0.128. The lowest BCUT2D eigenvalue weighted by molar-refractivity contribution is -0.369. The third kappa shape index (κ3) is 23.9. The van der Waals surface area contributed by atoms with Gasteiger partial charge in [0, 0.05) is 13.2 Å². The Morgan fingerprint density at radius 1 is 0.483 bits per heavy atom. The van der Waals surface area contributed by atoms with Gasteiger partial charge in [-0.05, 0) is 19.3 Å². The van der Waals surface area contributed by atoms with Crippen molar-refractivity contribution in [2.24, 2.45) is 0 Å². The van der Waals surface area contributed by atoms with Crippen molar-refractivity contribution < 1.29 is 19.9 Å². The second kappa shape index (κ2) is 25.8. The predicted molar refractivity (Wildman–Crippen MR) is 122 cm³/mol. The quantitative estimate of drug-likeness (QED) is 0.137. The van der Waals surface area contributed by atoms with Crippen LogP contribution in [0.5, 0.6) is 0 Å². The molecule has 0 bridgehead atoms. The standard InChI is InChI=1S/C24H51NO4/c1-2-3-4-5-6-7-8-9-10-11-12-13-14-15-16-17-20-25(28-23-18-21-26)29-24-19-22-27/h26-27H,2-24H2,1H3. The fourth-order valence-electron chi connectivity index (χ4n) is 3.42. The van der Waals surface area contributed by atoms with Gasteiger partial charge in [-0.3, -0.25) is 9.68 Å². The summed E-state index contributed by atoms with van der Waals surface area (Å²) in [7, 11) is 0. The molecule has 0 atom stereocenters. The van der Waals surface area contributed by atoms with E-state index in [-0.39, 0.29) is 13.2 Å². The van der Waals surface area contributed by atoms with Gasteiger partial charge >= 0.3 is 0 Å². The molecule has 0 aromatic carbocycles. The molecule has 176 valence electrons. The average molecular weight is 418 g/mol. The van der Waals surface area contributed by atoms with Crippen molar-refractivity contribution in [3.8, 4) is 0 Å². The topological polar surface area (TPSA) is 62.2 Å². The Morgan fingerprint density at radius 2 is 0.828 bits per heavy atom. The Labute approximate surface area is 181 Å². The summed E-state index contributed by atoms with van der Waals surface area (Å²) in [5, 5.41) is 19.2. The Balaban J connectivity index is 3.35. The molecule has 0 aromatic heterocycles. The highest BCUT2D eigenvalue weighted by Crippen LogP contribution is 2.14. The van der Waals surface area contributed by atoms with E-state index in [1.54, 1.807) is 0 Å². The lowest BCUT2D eigenvalue weighted by atomic mass is 10.0. The van der Waals surface area contributed by atoms with E-state index >= 15 is 0 Å². The van der Waals surface area contributed by atoms with Gasteiger partial charge in [-0.1, -0.05) is 108 Å². The van der Waals surface area contributed by atoms with E-state index in [9.17, 15) is 0 Å². The zero-order valence-electron chi connectivity index (χ0n) is 19.4. The van der Waals surface area contributed by atoms with E-state index in [0.29, 0.717) is 26.1 Å². The average Bonchev–Trinajstić information content (AvgIpc) is 2.73. The lowest BCUT2D eigenvalue weighted by Crippen LogP contribution is -2.27. The first-order chi connectivity index (χ1) is 14.3. The molecule has 0 fully saturated rings. The van der Waals surface area contributed by atoms with Crippen LogP contribution in [0.3, 0.4) is 0 Å². The maximum absolute atomic E-state index is 8.85. The van der Waals surface area contributed by atoms with Crippen molar-refractivity contribution in [2.75, 3.05) is 33.0 Å². The molecule has 0 aliphatic heterocycles. The molecule has 0 spiro atoms. The number of aliphatic hydroxyl groups excluding tert-OH is 2. The third-order valence-electron chi connectivity index (χ3n) is 5.27. The first-order valence-corrected chi connectivity index (χ1v) is 12.6. The largest absolute Gasteiger partial charge is 0.396 e. The molecule has 5 nitrogen and oxygen atoms in total. The van der Waals surface area contributed by atoms with Crippen LogP contribution in [-0.2, 0) is 9.68 Å². The molecule has 5 heteroatoms. The zero-order valence-corrected chi connectivity index (χ0v) is 19.4. The fourth-order valence-corrected chi connectivity index (χ4v) is 3.42. The van der Waals surface area contributed by atoms with Crippen molar-refractivity contribution >= 4 is 0 Å². The van der Waals surface area contributed by atoms with E-state index in [4.69, 9.17) is 19.9 Å². The monoisotopic (exact) mass is 417 g/mol. The summed E-state index contributed by atoms with van der Waals surface area (Å²) in [6.45, 7) is 4.22. The highest BCUT2D eigenvalue weighted by molar-refractivity contribution is 4.50. The summed E-state index contributed by atoms with van der Waals surface area (Å²) in [4.78, 5) is 11.0. The van der Waals surface area contributed by atoms with Crippen LogP contribution in [-0.4, -0.2) is 48.4 Å². The summed E-state index contributed by atoms with van der Waals surface area (Å²) in [5.74, 6) is 0. The molecule has 0 saturated carbocycles. The van der Waals surface area contributed by atoms with E-state index in [2.05, 4.69) is 6.92 Å². The molecule has 0 aliphatic rings. The second-order valence-electron chi connectivity index (χ2n) is 8.18. The SMILES string of the molecule is CCCCCCCCCCCCCCCCCCN(OCCCO)OCCCO. The Morgan fingerprint density at radius 3 is 1.17 bits per heavy atom. The van der Waals surface area contributed by atoms with Crippen LogP contribution >= 0.6 is 0 Å². The first kappa shape index (κ1) is 28.8. The second-order valence-corrected chi connectivity index (χ2v) is 8.18. The summed E-state index contributed by atoms with van der Waals surface area (Å²) < 4.78 is 0. The maximum Gasteiger partial charge on any atom is 0.0733 e. The smallest absolute Gasteiger partial charge is 0.0733 e. The minimum absolute atomic E-state index is 0.128. The Hall–Kier alpha value is -0.200. The molecular formula is C24H51NO4. The molecule has 0 unspecified atom stereocenters. The molecule has 0 saturated heterocycles. The third-order valence-corrected chi connectivity index (χ3v) is 5.27. The van der Waals surface area contributed by atoms with E-state index in [0.717, 1.165) is 13.0 Å². The van der Waals surface area contributed by atoms with Gasteiger partial charge in [-0.2, -0.15) is 0 Å². The normalized spacial score (nSPS) is 11.6. The molecule has 0 aliphatic carbocycles. The van der Waals surface area contributed by atoms with E-state index < -0.39 is 0 Å². The van der Waals surface area contributed by atoms with Crippen LogP contribution in [0.2, 0.25) is 0 Å². The number of rotatable bonds is 25. The number of aliphatic hydroxyl groups is 2. The summed E-state index contributed by atoms with van der Waals surface area (Å²) >= 11 is 0. The summed E-state index contributed by atoms with van der Waals surface area (Å²) in [6.07, 6.45) is 23.0. The lowest BCUT2D eigenvalue weighted by Gasteiger charge is -2.20. The van der Waals surface area contributed by atoms with Crippen LogP contribution < -0.4 is 0 Å². The van der Waals surface area contributed by atoms with Crippen molar-refractivity contribution in [3.05, 3.63) is 0 Å². The number of hydroxylamine groups is 2. The van der Waals surface area contributed by atoms with Crippen molar-refractivity contribution in [3.63, 3.8) is 0 Å². The number of nitrogens with zero attached hydrogens (tertiary/aromatic N) is 1. The molecule has 2 N–H and O–H groups in total. The highest BCUT2D eigenvalue weighted by Gasteiger charge is 2.06. The Bertz CT molecular complexity index is 282. The van der Waals surface area contributed by atoms with Gasteiger partial charge in [0.25, 0.3) is 0 Å². The molecular weight excluding hydrogens is 366 g/mol. The van der Waals surface area contributed by atoms with Crippen molar-refractivity contribution in [2.45, 2.75) is 122 Å². The zero-order chi connectivity index (χ0) is 21.3. The number of unbranched alkanes of at least 4 members (excludes halogenated alkanes) is 15. The first-order valence-electron chi connectivity index (χ1n) is 12.6. The van der Waals surface area contributed by atoms with Gasteiger partial charge in [-0.25, -0.2) is 0 Å². The number of hydrogen-bond acceptors (Lipinski definition) is 5.